The number of benzene rings is 2. The minimum absolute atomic E-state index is 0.133. The number of aromatic nitrogens is 1. The number of anilines is 1. The van der Waals surface area contributed by atoms with Crippen LogP contribution < -0.4 is 14.8 Å². The Balaban J connectivity index is 1.97. The highest BCUT2D eigenvalue weighted by Gasteiger charge is 2.37. The van der Waals surface area contributed by atoms with Crippen LogP contribution in [0.2, 0.25) is 0 Å². The Morgan fingerprint density at radius 3 is 2.14 bits per heavy atom. The van der Waals surface area contributed by atoms with Crippen LogP contribution in [0.1, 0.15) is 26.4 Å². The average molecular weight is 518 g/mol. The summed E-state index contributed by atoms with van der Waals surface area (Å²) in [5.41, 5.74) is -3.31. The summed E-state index contributed by atoms with van der Waals surface area (Å²) < 4.78 is 105. The van der Waals surface area contributed by atoms with Crippen LogP contribution >= 0.6 is 0 Å². The van der Waals surface area contributed by atoms with Gasteiger partial charge in [-0.1, -0.05) is 0 Å². The predicted molar refractivity (Wildman–Crippen MR) is 108 cm³/mol. The summed E-state index contributed by atoms with van der Waals surface area (Å²) in [4.78, 5) is 28.1. The lowest BCUT2D eigenvalue weighted by molar-refractivity contribution is -0.274. The second-order valence-electron chi connectivity index (χ2n) is 6.79. The van der Waals surface area contributed by atoms with E-state index in [1.165, 1.54) is 6.07 Å². The lowest BCUT2D eigenvalue weighted by Gasteiger charge is -2.16. The first-order valence-electron chi connectivity index (χ1n) is 9.57. The minimum atomic E-state index is -5.16. The van der Waals surface area contributed by atoms with Crippen LogP contribution in [-0.2, 0) is 10.9 Å². The van der Waals surface area contributed by atoms with E-state index < -0.39 is 52.9 Å². The number of rotatable bonds is 6. The first-order chi connectivity index (χ1) is 16.8. The highest BCUT2D eigenvalue weighted by molar-refractivity contribution is 6.07. The van der Waals surface area contributed by atoms with E-state index in [1.54, 1.807) is 0 Å². The first-order valence-corrected chi connectivity index (χ1v) is 9.57. The summed E-state index contributed by atoms with van der Waals surface area (Å²) in [5.74, 6) is -5.76. The fourth-order valence-electron chi connectivity index (χ4n) is 2.83. The number of nitrogens with zero attached hydrogens (tertiary/aromatic N) is 1. The van der Waals surface area contributed by atoms with Gasteiger partial charge in [0.1, 0.15) is 28.5 Å². The Kier molecular flexibility index (Phi) is 7.36. The zero-order chi connectivity index (χ0) is 26.7. The maximum atomic E-state index is 14.9. The van der Waals surface area contributed by atoms with E-state index in [1.807, 2.05) is 0 Å². The lowest BCUT2D eigenvalue weighted by Crippen LogP contribution is -2.19. The number of carbonyl (C=O) groups excluding carboxylic acids is 2. The van der Waals surface area contributed by atoms with E-state index in [0.29, 0.717) is 12.1 Å². The Morgan fingerprint density at radius 1 is 0.917 bits per heavy atom. The van der Waals surface area contributed by atoms with Gasteiger partial charge in [-0.05, 0) is 48.5 Å². The number of esters is 1. The van der Waals surface area contributed by atoms with Gasteiger partial charge in [0.05, 0.1) is 12.7 Å². The van der Waals surface area contributed by atoms with Crippen molar-refractivity contribution in [2.75, 3.05) is 12.4 Å². The van der Waals surface area contributed by atoms with Crippen molar-refractivity contribution in [3.63, 3.8) is 0 Å². The number of halogens is 7. The van der Waals surface area contributed by atoms with Gasteiger partial charge in [0.25, 0.3) is 5.91 Å². The summed E-state index contributed by atoms with van der Waals surface area (Å²) in [6, 6.07) is 6.83. The summed E-state index contributed by atoms with van der Waals surface area (Å²) >= 11 is 0. The fraction of sp³-hybridized carbons (Fsp3) is 0.136. The molecule has 0 radical (unpaired) electrons. The van der Waals surface area contributed by atoms with E-state index in [-0.39, 0.29) is 17.1 Å². The molecule has 1 heterocycles. The third kappa shape index (κ3) is 6.40. The van der Waals surface area contributed by atoms with Crippen LogP contribution in [0.15, 0.2) is 54.7 Å². The van der Waals surface area contributed by atoms with E-state index in [4.69, 9.17) is 4.74 Å². The van der Waals surface area contributed by atoms with E-state index in [2.05, 4.69) is 19.8 Å². The lowest BCUT2D eigenvalue weighted by atomic mass is 10.1. The molecule has 0 aliphatic carbocycles. The van der Waals surface area contributed by atoms with Crippen molar-refractivity contribution in [3.05, 3.63) is 77.4 Å². The molecule has 190 valence electrons. The Morgan fingerprint density at radius 2 is 1.56 bits per heavy atom. The molecule has 1 aromatic heterocycles. The Bertz CT molecular complexity index is 1280. The van der Waals surface area contributed by atoms with Crippen molar-refractivity contribution >= 4 is 17.6 Å². The predicted octanol–water partition coefficient (Wildman–Crippen LogP) is 5.97. The molecule has 7 nitrogen and oxygen atoms in total. The molecule has 3 rings (SSSR count). The van der Waals surface area contributed by atoms with E-state index >= 15 is 0 Å². The van der Waals surface area contributed by atoms with Crippen LogP contribution in [-0.4, -0.2) is 30.3 Å². The zero-order valence-electron chi connectivity index (χ0n) is 17.8. The fourth-order valence-corrected chi connectivity index (χ4v) is 2.83. The van der Waals surface area contributed by atoms with E-state index in [9.17, 15) is 40.3 Å². The molecule has 0 atom stereocenters. The normalized spacial score (nSPS) is 11.6. The number of methoxy groups -OCH3 is 1. The molecule has 14 heteroatoms. The van der Waals surface area contributed by atoms with Gasteiger partial charge in [0, 0.05) is 11.9 Å². The second-order valence-corrected chi connectivity index (χ2v) is 6.79. The maximum absolute atomic E-state index is 14.9. The number of hydrogen-bond acceptors (Lipinski definition) is 6. The molecule has 0 fully saturated rings. The van der Waals surface area contributed by atoms with Crippen molar-refractivity contribution in [3.8, 4) is 17.2 Å². The molecule has 0 saturated carbocycles. The molecule has 0 aliphatic rings. The Hall–Kier alpha value is -4.36. The number of pyridine rings is 1. The third-order valence-corrected chi connectivity index (χ3v) is 4.33. The number of amides is 1. The van der Waals surface area contributed by atoms with Gasteiger partial charge in [-0.3, -0.25) is 4.79 Å². The molecule has 0 saturated heterocycles. The molecule has 2 aromatic carbocycles. The summed E-state index contributed by atoms with van der Waals surface area (Å²) in [6.45, 7) is 0. The smallest absolute Gasteiger partial charge is 0.464 e. The summed E-state index contributed by atoms with van der Waals surface area (Å²) in [6.07, 6.45) is -9.04. The molecule has 0 spiro atoms. The van der Waals surface area contributed by atoms with Crippen LogP contribution in [0.25, 0.3) is 0 Å². The van der Waals surface area contributed by atoms with Gasteiger partial charge in [-0.25, -0.2) is 14.2 Å². The van der Waals surface area contributed by atoms with Crippen LogP contribution in [0.4, 0.5) is 36.4 Å². The van der Waals surface area contributed by atoms with Crippen molar-refractivity contribution in [1.29, 1.82) is 0 Å². The molecule has 1 N–H and O–H groups in total. The summed E-state index contributed by atoms with van der Waals surface area (Å²) in [7, 11) is 1.07. The number of carbonyl (C=O) groups is 2. The quantitative estimate of drug-likeness (QED) is 0.320. The van der Waals surface area contributed by atoms with Crippen molar-refractivity contribution in [2.45, 2.75) is 12.5 Å². The average Bonchev–Trinajstić information content (AvgIpc) is 2.78. The minimum Gasteiger partial charge on any atom is -0.464 e. The maximum Gasteiger partial charge on any atom is 0.573 e. The highest BCUT2D eigenvalue weighted by atomic mass is 19.4. The number of ether oxygens (including phenoxy) is 3. The number of alkyl halides is 6. The van der Waals surface area contributed by atoms with Gasteiger partial charge < -0.3 is 19.5 Å². The van der Waals surface area contributed by atoms with Gasteiger partial charge in [-0.2, -0.15) is 13.2 Å². The standard InChI is InChI=1S/C22H13F7N2O5/c1-34-20(33)15-10-11(8-9-30-15)31-19(32)17-16(7-6-14(18(17)23)21(24,25)26)35-12-2-4-13(5-3-12)36-22(27,28)29/h2-10H,1H3,(H,30,31,32). The SMILES string of the molecule is COC(=O)c1cc(NC(=O)c2c(Oc3ccc(OC(F)(F)F)cc3)ccc(C(F)(F)F)c2F)ccn1. The van der Waals surface area contributed by atoms with Crippen LogP contribution in [0, 0.1) is 5.82 Å². The Labute approximate surface area is 197 Å². The molecule has 36 heavy (non-hydrogen) atoms. The third-order valence-electron chi connectivity index (χ3n) is 4.33. The van der Waals surface area contributed by atoms with Crippen LogP contribution in [0.5, 0.6) is 17.2 Å². The van der Waals surface area contributed by atoms with E-state index in [0.717, 1.165) is 43.6 Å². The molecule has 0 unspecified atom stereocenters. The van der Waals surface area contributed by atoms with Gasteiger partial charge in [-0.15, -0.1) is 13.2 Å². The summed E-state index contributed by atoms with van der Waals surface area (Å²) in [5, 5.41) is 2.14. The van der Waals surface area contributed by atoms with Crippen molar-refractivity contribution < 1.29 is 54.5 Å². The molecule has 0 bridgehead atoms. The van der Waals surface area contributed by atoms with Crippen molar-refractivity contribution in [1.82, 2.24) is 4.98 Å². The highest BCUT2D eigenvalue weighted by Crippen LogP contribution is 2.38. The van der Waals surface area contributed by atoms with Gasteiger partial charge >= 0.3 is 18.5 Å². The van der Waals surface area contributed by atoms with Gasteiger partial charge in [0.15, 0.2) is 5.82 Å². The molecule has 1 amide bonds. The largest absolute Gasteiger partial charge is 0.573 e. The second kappa shape index (κ2) is 10.1. The van der Waals surface area contributed by atoms with Gasteiger partial charge in [0.2, 0.25) is 0 Å². The number of nitrogens with one attached hydrogen (secondary N) is 1. The molecule has 0 aliphatic heterocycles. The molecule has 3 aromatic rings. The molecular formula is C22H13F7N2O5. The molecular weight excluding hydrogens is 505 g/mol. The van der Waals surface area contributed by atoms with Crippen LogP contribution in [0.3, 0.4) is 0 Å². The zero-order valence-corrected chi connectivity index (χ0v) is 17.8. The monoisotopic (exact) mass is 518 g/mol. The first kappa shape index (κ1) is 26.2. The van der Waals surface area contributed by atoms with Crippen molar-refractivity contribution in [2.24, 2.45) is 0 Å². The number of hydrogen-bond donors (Lipinski definition) is 1. The topological polar surface area (TPSA) is 86.8 Å².